The lowest BCUT2D eigenvalue weighted by Crippen LogP contribution is -2.35. The molecule has 0 saturated carbocycles. The summed E-state index contributed by atoms with van der Waals surface area (Å²) in [6, 6.07) is 12.4. The molecule has 2 aromatic rings. The highest BCUT2D eigenvalue weighted by Crippen LogP contribution is 2.20. The number of anilines is 1. The molecule has 0 unspecified atom stereocenters. The molecule has 150 valence electrons. The zero-order valence-electron chi connectivity index (χ0n) is 16.3. The molecule has 0 N–H and O–H groups in total. The predicted octanol–water partition coefficient (Wildman–Crippen LogP) is 1.61. The van der Waals surface area contributed by atoms with E-state index in [1.54, 1.807) is 44.6 Å². The number of pyridine rings is 1. The summed E-state index contributed by atoms with van der Waals surface area (Å²) in [5, 5.41) is 0. The maximum absolute atomic E-state index is 13.0. The number of carbonyl (C=O) groups is 1. The third-order valence-corrected chi connectivity index (χ3v) is 6.76. The van der Waals surface area contributed by atoms with E-state index < -0.39 is 10.0 Å². The second-order valence-electron chi connectivity index (χ2n) is 7.04. The Bertz CT molecular complexity index is 899. The van der Waals surface area contributed by atoms with Crippen LogP contribution in [0.3, 0.4) is 0 Å². The van der Waals surface area contributed by atoms with Crippen LogP contribution in [0.15, 0.2) is 53.6 Å². The van der Waals surface area contributed by atoms with E-state index in [2.05, 4.69) is 9.88 Å². The van der Waals surface area contributed by atoms with Gasteiger partial charge in [-0.05, 0) is 36.2 Å². The van der Waals surface area contributed by atoms with Gasteiger partial charge in [-0.1, -0.05) is 18.2 Å². The molecule has 3 rings (SSSR count). The SMILES string of the molecule is CN(C)C(=O)Cc1ccc(S(=O)(=O)N2CCCN(c3ccccn3)CC2)cc1. The van der Waals surface area contributed by atoms with Crippen LogP contribution in [0.25, 0.3) is 0 Å². The molecule has 0 atom stereocenters. The summed E-state index contributed by atoms with van der Waals surface area (Å²) >= 11 is 0. The van der Waals surface area contributed by atoms with E-state index in [0.717, 1.165) is 24.3 Å². The molecule has 8 heteroatoms. The first kappa shape index (κ1) is 20.3. The monoisotopic (exact) mass is 402 g/mol. The van der Waals surface area contributed by atoms with Crippen molar-refractivity contribution in [3.63, 3.8) is 0 Å². The molecule has 1 aliphatic heterocycles. The maximum atomic E-state index is 13.0. The van der Waals surface area contributed by atoms with Crippen molar-refractivity contribution in [3.05, 3.63) is 54.2 Å². The molecule has 1 aromatic heterocycles. The Morgan fingerprint density at radius 1 is 1.04 bits per heavy atom. The highest BCUT2D eigenvalue weighted by atomic mass is 32.2. The molecule has 7 nitrogen and oxygen atoms in total. The van der Waals surface area contributed by atoms with Crippen molar-refractivity contribution in [1.82, 2.24) is 14.2 Å². The molecule has 0 spiro atoms. The number of carbonyl (C=O) groups excluding carboxylic acids is 1. The number of likely N-dealkylation sites (N-methyl/N-ethyl adjacent to an activating group) is 1. The number of amides is 1. The molecule has 0 bridgehead atoms. The van der Waals surface area contributed by atoms with E-state index in [0.29, 0.717) is 19.6 Å². The molecule has 1 saturated heterocycles. The fourth-order valence-corrected chi connectivity index (χ4v) is 4.63. The third kappa shape index (κ3) is 4.69. The van der Waals surface area contributed by atoms with Crippen molar-refractivity contribution in [1.29, 1.82) is 0 Å². The molecule has 0 radical (unpaired) electrons. The average Bonchev–Trinajstić information content (AvgIpc) is 2.96. The minimum absolute atomic E-state index is 0.0160. The van der Waals surface area contributed by atoms with Crippen LogP contribution in [0.2, 0.25) is 0 Å². The van der Waals surface area contributed by atoms with E-state index in [1.165, 1.54) is 9.21 Å². The van der Waals surface area contributed by atoms with Crippen molar-refractivity contribution < 1.29 is 13.2 Å². The Kier molecular flexibility index (Phi) is 6.31. The fraction of sp³-hybridized carbons (Fsp3) is 0.400. The van der Waals surface area contributed by atoms with Crippen molar-refractivity contribution in [2.24, 2.45) is 0 Å². The standard InChI is InChI=1S/C20H26N4O3S/c1-22(2)20(25)16-17-7-9-18(10-8-17)28(26,27)24-13-5-12-23(14-15-24)19-6-3-4-11-21-19/h3-4,6-11H,5,12-16H2,1-2H3. The smallest absolute Gasteiger partial charge is 0.243 e. The topological polar surface area (TPSA) is 73.8 Å². The molecule has 1 aliphatic rings. The number of rotatable bonds is 5. The van der Waals surface area contributed by atoms with Crippen LogP contribution in [-0.2, 0) is 21.2 Å². The third-order valence-electron chi connectivity index (χ3n) is 4.84. The number of hydrogen-bond acceptors (Lipinski definition) is 5. The van der Waals surface area contributed by atoms with Crippen molar-refractivity contribution >= 4 is 21.7 Å². The molecule has 28 heavy (non-hydrogen) atoms. The van der Waals surface area contributed by atoms with Crippen molar-refractivity contribution in [2.75, 3.05) is 45.2 Å². The number of nitrogens with zero attached hydrogens (tertiary/aromatic N) is 4. The van der Waals surface area contributed by atoms with Gasteiger partial charge in [-0.2, -0.15) is 4.31 Å². The van der Waals surface area contributed by atoms with Crippen LogP contribution in [-0.4, -0.2) is 68.8 Å². The lowest BCUT2D eigenvalue weighted by molar-refractivity contribution is -0.127. The lowest BCUT2D eigenvalue weighted by Gasteiger charge is -2.22. The molecule has 1 aromatic carbocycles. The Labute approximate surface area is 166 Å². The van der Waals surface area contributed by atoms with Gasteiger partial charge in [0.2, 0.25) is 15.9 Å². The van der Waals surface area contributed by atoms with E-state index >= 15 is 0 Å². The van der Waals surface area contributed by atoms with Gasteiger partial charge in [0.1, 0.15) is 5.82 Å². The highest BCUT2D eigenvalue weighted by molar-refractivity contribution is 7.89. The zero-order chi connectivity index (χ0) is 20.1. The van der Waals surface area contributed by atoms with Crippen LogP contribution in [0.4, 0.5) is 5.82 Å². The quantitative estimate of drug-likeness (QED) is 0.760. The summed E-state index contributed by atoms with van der Waals surface area (Å²) in [5.41, 5.74) is 0.801. The van der Waals surface area contributed by atoms with Gasteiger partial charge in [-0.3, -0.25) is 4.79 Å². The summed E-state index contributed by atoms with van der Waals surface area (Å²) in [4.78, 5) is 20.1. The number of sulfonamides is 1. The second kappa shape index (κ2) is 8.70. The van der Waals surface area contributed by atoms with E-state index in [-0.39, 0.29) is 17.2 Å². The maximum Gasteiger partial charge on any atom is 0.243 e. The molecule has 0 aliphatic carbocycles. The second-order valence-corrected chi connectivity index (χ2v) is 8.98. The number of hydrogen-bond donors (Lipinski definition) is 0. The summed E-state index contributed by atoms with van der Waals surface area (Å²) in [5.74, 6) is 0.856. The molecule has 1 amide bonds. The van der Waals surface area contributed by atoms with Gasteiger partial charge >= 0.3 is 0 Å². The fourth-order valence-electron chi connectivity index (χ4n) is 3.17. The van der Waals surface area contributed by atoms with Crippen LogP contribution in [0, 0.1) is 0 Å². The van der Waals surface area contributed by atoms with Gasteiger partial charge in [0.15, 0.2) is 0 Å². The molecular formula is C20H26N4O3S. The van der Waals surface area contributed by atoms with E-state index in [1.807, 2.05) is 18.2 Å². The normalized spacial score (nSPS) is 15.9. The highest BCUT2D eigenvalue weighted by Gasteiger charge is 2.27. The number of benzene rings is 1. The first-order valence-corrected chi connectivity index (χ1v) is 10.8. The molecule has 1 fully saturated rings. The van der Waals surface area contributed by atoms with Gasteiger partial charge in [0.05, 0.1) is 11.3 Å². The van der Waals surface area contributed by atoms with Crippen LogP contribution in [0.5, 0.6) is 0 Å². The van der Waals surface area contributed by atoms with Crippen molar-refractivity contribution in [3.8, 4) is 0 Å². The summed E-state index contributed by atoms with van der Waals surface area (Å²) in [7, 11) is -0.155. The van der Waals surface area contributed by atoms with Crippen LogP contribution >= 0.6 is 0 Å². The minimum atomic E-state index is -3.56. The summed E-state index contributed by atoms with van der Waals surface area (Å²) in [6.07, 6.45) is 2.75. The molecule has 2 heterocycles. The van der Waals surface area contributed by atoms with Gasteiger partial charge < -0.3 is 9.80 Å². The van der Waals surface area contributed by atoms with Crippen LogP contribution < -0.4 is 4.90 Å². The van der Waals surface area contributed by atoms with Crippen LogP contribution in [0.1, 0.15) is 12.0 Å². The van der Waals surface area contributed by atoms with Gasteiger partial charge in [0, 0.05) is 46.5 Å². The molecular weight excluding hydrogens is 376 g/mol. The predicted molar refractivity (Wildman–Crippen MR) is 109 cm³/mol. The Hall–Kier alpha value is -2.45. The van der Waals surface area contributed by atoms with E-state index in [4.69, 9.17) is 0 Å². The first-order chi connectivity index (χ1) is 13.4. The lowest BCUT2D eigenvalue weighted by atomic mass is 10.1. The van der Waals surface area contributed by atoms with Gasteiger partial charge in [-0.15, -0.1) is 0 Å². The zero-order valence-corrected chi connectivity index (χ0v) is 17.1. The Morgan fingerprint density at radius 3 is 2.43 bits per heavy atom. The van der Waals surface area contributed by atoms with Gasteiger partial charge in [0.25, 0.3) is 0 Å². The van der Waals surface area contributed by atoms with E-state index in [9.17, 15) is 13.2 Å². The number of aromatic nitrogens is 1. The van der Waals surface area contributed by atoms with Crippen molar-refractivity contribution in [2.45, 2.75) is 17.7 Å². The Morgan fingerprint density at radius 2 is 1.79 bits per heavy atom. The first-order valence-electron chi connectivity index (χ1n) is 9.33. The average molecular weight is 403 g/mol. The Balaban J connectivity index is 1.69. The summed E-state index contributed by atoms with van der Waals surface area (Å²) in [6.45, 7) is 2.27. The summed E-state index contributed by atoms with van der Waals surface area (Å²) < 4.78 is 27.6. The largest absolute Gasteiger partial charge is 0.355 e. The van der Waals surface area contributed by atoms with Gasteiger partial charge in [-0.25, -0.2) is 13.4 Å². The minimum Gasteiger partial charge on any atom is -0.355 e.